The van der Waals surface area contributed by atoms with Crippen molar-refractivity contribution >= 4 is 17.3 Å². The molecule has 3 nitrogen and oxygen atoms in total. The van der Waals surface area contributed by atoms with E-state index >= 15 is 0 Å². The zero-order chi connectivity index (χ0) is 10.1. The fourth-order valence-corrected chi connectivity index (χ4v) is 1.52. The van der Waals surface area contributed by atoms with Gasteiger partial charge < -0.3 is 11.1 Å². The second kappa shape index (κ2) is 3.33. The molecule has 0 aliphatic heterocycles. The summed E-state index contributed by atoms with van der Waals surface area (Å²) in [6.07, 6.45) is 0.999. The Morgan fingerprint density at radius 2 is 2.14 bits per heavy atom. The predicted molar refractivity (Wildman–Crippen MR) is 56.8 cm³/mol. The number of nitrogens with two attached hydrogens (primary N) is 1. The smallest absolute Gasteiger partial charge is 0.227 e. The first kappa shape index (κ1) is 9.06. The van der Waals surface area contributed by atoms with E-state index in [1.807, 2.05) is 18.2 Å². The van der Waals surface area contributed by atoms with Crippen LogP contribution in [0, 0.1) is 11.8 Å². The highest BCUT2D eigenvalue weighted by Crippen LogP contribution is 2.38. The van der Waals surface area contributed by atoms with Crippen molar-refractivity contribution in [2.24, 2.45) is 11.8 Å². The summed E-state index contributed by atoms with van der Waals surface area (Å²) < 4.78 is 0. The summed E-state index contributed by atoms with van der Waals surface area (Å²) in [5.74, 6) is 0.810. The van der Waals surface area contributed by atoms with E-state index in [0.717, 1.165) is 12.1 Å². The average Bonchev–Trinajstić information content (AvgIpc) is 2.87. The molecular weight excluding hydrogens is 176 g/mol. The fourth-order valence-electron chi connectivity index (χ4n) is 1.52. The number of hydrogen-bond donors (Lipinski definition) is 2. The monoisotopic (exact) mass is 190 g/mol. The summed E-state index contributed by atoms with van der Waals surface area (Å²) in [4.78, 5) is 11.6. The van der Waals surface area contributed by atoms with Gasteiger partial charge in [0.25, 0.3) is 0 Å². The van der Waals surface area contributed by atoms with Crippen molar-refractivity contribution in [1.29, 1.82) is 0 Å². The number of para-hydroxylation sites is 2. The molecule has 3 heteroatoms. The molecule has 0 aromatic heterocycles. The highest BCUT2D eigenvalue weighted by atomic mass is 16.2. The number of rotatable bonds is 2. The lowest BCUT2D eigenvalue weighted by atomic mass is 10.2. The second-order valence-corrected chi connectivity index (χ2v) is 3.90. The van der Waals surface area contributed by atoms with Crippen molar-refractivity contribution in [2.45, 2.75) is 13.3 Å². The van der Waals surface area contributed by atoms with Gasteiger partial charge in [0.1, 0.15) is 0 Å². The van der Waals surface area contributed by atoms with Crippen LogP contribution in [0.3, 0.4) is 0 Å². The lowest BCUT2D eigenvalue weighted by Gasteiger charge is -2.06. The first-order chi connectivity index (χ1) is 6.68. The van der Waals surface area contributed by atoms with Gasteiger partial charge in [0, 0.05) is 5.92 Å². The normalized spacial score (nSPS) is 24.4. The Kier molecular flexibility index (Phi) is 2.15. The Hall–Kier alpha value is -1.51. The van der Waals surface area contributed by atoms with E-state index in [4.69, 9.17) is 5.73 Å². The molecule has 0 heterocycles. The maximum Gasteiger partial charge on any atom is 0.227 e. The van der Waals surface area contributed by atoms with Crippen LogP contribution in [-0.2, 0) is 4.79 Å². The molecule has 1 aromatic rings. The molecule has 0 bridgehead atoms. The topological polar surface area (TPSA) is 55.1 Å². The highest BCUT2D eigenvalue weighted by Gasteiger charge is 2.39. The lowest BCUT2D eigenvalue weighted by molar-refractivity contribution is -0.117. The molecule has 1 aromatic carbocycles. The van der Waals surface area contributed by atoms with Gasteiger partial charge in [0.15, 0.2) is 0 Å². The third-order valence-corrected chi connectivity index (χ3v) is 2.66. The molecule has 1 fully saturated rings. The van der Waals surface area contributed by atoms with Gasteiger partial charge in [0.05, 0.1) is 11.4 Å². The second-order valence-electron chi connectivity index (χ2n) is 3.90. The third-order valence-electron chi connectivity index (χ3n) is 2.66. The summed E-state index contributed by atoms with van der Waals surface area (Å²) in [5.41, 5.74) is 7.05. The van der Waals surface area contributed by atoms with Crippen LogP contribution in [0.25, 0.3) is 0 Å². The minimum atomic E-state index is 0.0930. The number of hydrogen-bond acceptors (Lipinski definition) is 2. The molecule has 1 amide bonds. The Morgan fingerprint density at radius 3 is 2.71 bits per heavy atom. The third kappa shape index (κ3) is 1.71. The first-order valence-electron chi connectivity index (χ1n) is 4.84. The van der Waals surface area contributed by atoms with E-state index in [1.165, 1.54) is 0 Å². The lowest BCUT2D eigenvalue weighted by Crippen LogP contribution is -2.15. The number of benzene rings is 1. The van der Waals surface area contributed by atoms with Gasteiger partial charge in [-0.3, -0.25) is 4.79 Å². The SMILES string of the molecule is C[C@H]1C[C@H]1C(=O)Nc1ccccc1N. The van der Waals surface area contributed by atoms with Crippen molar-refractivity contribution in [2.75, 3.05) is 11.1 Å². The maximum atomic E-state index is 11.6. The Balaban J connectivity index is 2.04. The van der Waals surface area contributed by atoms with Gasteiger partial charge in [-0.2, -0.15) is 0 Å². The van der Waals surface area contributed by atoms with Gasteiger partial charge in [-0.05, 0) is 24.5 Å². The molecule has 74 valence electrons. The van der Waals surface area contributed by atoms with E-state index in [0.29, 0.717) is 11.6 Å². The van der Waals surface area contributed by atoms with E-state index in [1.54, 1.807) is 6.07 Å². The molecule has 14 heavy (non-hydrogen) atoms. The van der Waals surface area contributed by atoms with Crippen LogP contribution in [0.1, 0.15) is 13.3 Å². The van der Waals surface area contributed by atoms with Gasteiger partial charge in [-0.1, -0.05) is 19.1 Å². The summed E-state index contributed by atoms with van der Waals surface area (Å²) in [6, 6.07) is 7.32. The fraction of sp³-hybridized carbons (Fsp3) is 0.364. The molecule has 3 N–H and O–H groups in total. The quantitative estimate of drug-likeness (QED) is 0.699. The molecule has 2 atom stereocenters. The molecule has 2 rings (SSSR count). The Bertz CT molecular complexity index is 362. The Labute approximate surface area is 83.3 Å². The summed E-state index contributed by atoms with van der Waals surface area (Å²) in [7, 11) is 0. The summed E-state index contributed by atoms with van der Waals surface area (Å²) >= 11 is 0. The van der Waals surface area contributed by atoms with E-state index < -0.39 is 0 Å². The van der Waals surface area contributed by atoms with Crippen LogP contribution in [0.15, 0.2) is 24.3 Å². The largest absolute Gasteiger partial charge is 0.397 e. The van der Waals surface area contributed by atoms with E-state index in [2.05, 4.69) is 12.2 Å². The predicted octanol–water partition coefficient (Wildman–Crippen LogP) is 1.86. The highest BCUT2D eigenvalue weighted by molar-refractivity contribution is 5.96. The van der Waals surface area contributed by atoms with Gasteiger partial charge in [-0.25, -0.2) is 0 Å². The van der Waals surface area contributed by atoms with Crippen molar-refractivity contribution in [3.63, 3.8) is 0 Å². The molecule has 0 saturated heterocycles. The van der Waals surface area contributed by atoms with Crippen LogP contribution in [0.4, 0.5) is 11.4 Å². The molecule has 0 unspecified atom stereocenters. The number of amides is 1. The summed E-state index contributed by atoms with van der Waals surface area (Å²) in [5, 5.41) is 2.84. The van der Waals surface area contributed by atoms with Crippen molar-refractivity contribution in [3.05, 3.63) is 24.3 Å². The number of anilines is 2. The minimum Gasteiger partial charge on any atom is -0.397 e. The molecule has 1 aliphatic carbocycles. The first-order valence-corrected chi connectivity index (χ1v) is 4.84. The van der Waals surface area contributed by atoms with Crippen LogP contribution in [-0.4, -0.2) is 5.91 Å². The van der Waals surface area contributed by atoms with Crippen LogP contribution in [0.5, 0.6) is 0 Å². The molecular formula is C11H14N2O. The standard InChI is InChI=1S/C11H14N2O/c1-7-6-8(7)11(14)13-10-5-3-2-4-9(10)12/h2-5,7-8H,6,12H2,1H3,(H,13,14)/t7-,8+/m0/s1. The van der Waals surface area contributed by atoms with Crippen LogP contribution < -0.4 is 11.1 Å². The van der Waals surface area contributed by atoms with Gasteiger partial charge in [-0.15, -0.1) is 0 Å². The van der Waals surface area contributed by atoms with E-state index in [9.17, 15) is 4.79 Å². The van der Waals surface area contributed by atoms with Gasteiger partial charge in [0.2, 0.25) is 5.91 Å². The molecule has 1 saturated carbocycles. The summed E-state index contributed by atoms with van der Waals surface area (Å²) in [6.45, 7) is 2.08. The van der Waals surface area contributed by atoms with Crippen molar-refractivity contribution < 1.29 is 4.79 Å². The van der Waals surface area contributed by atoms with Crippen LogP contribution >= 0.6 is 0 Å². The number of carbonyl (C=O) groups excluding carboxylic acids is 1. The molecule has 0 radical (unpaired) electrons. The van der Waals surface area contributed by atoms with Crippen molar-refractivity contribution in [1.82, 2.24) is 0 Å². The van der Waals surface area contributed by atoms with Gasteiger partial charge >= 0.3 is 0 Å². The maximum absolute atomic E-state index is 11.6. The number of carbonyl (C=O) groups is 1. The van der Waals surface area contributed by atoms with E-state index in [-0.39, 0.29) is 11.8 Å². The van der Waals surface area contributed by atoms with Crippen molar-refractivity contribution in [3.8, 4) is 0 Å². The molecule has 0 spiro atoms. The molecule has 1 aliphatic rings. The Morgan fingerprint density at radius 1 is 1.50 bits per heavy atom. The van der Waals surface area contributed by atoms with Crippen LogP contribution in [0.2, 0.25) is 0 Å². The average molecular weight is 190 g/mol. The zero-order valence-electron chi connectivity index (χ0n) is 8.16. The number of nitrogens with one attached hydrogen (secondary N) is 1. The number of nitrogen functional groups attached to an aromatic ring is 1. The zero-order valence-corrected chi connectivity index (χ0v) is 8.16. The minimum absolute atomic E-state index is 0.0930.